The first-order valence-electron chi connectivity index (χ1n) is 11.1. The largest absolute Gasteiger partial charge is 0.366 e. The van der Waals surface area contributed by atoms with Gasteiger partial charge < -0.3 is 10.3 Å². The van der Waals surface area contributed by atoms with Crippen LogP contribution in [0.4, 0.5) is 10.1 Å². The third kappa shape index (κ3) is 3.99. The molecule has 1 aromatic carbocycles. The molecule has 0 bridgehead atoms. The second kappa shape index (κ2) is 8.13. The van der Waals surface area contributed by atoms with E-state index in [-0.39, 0.29) is 17.0 Å². The van der Waals surface area contributed by atoms with Crippen molar-refractivity contribution in [1.82, 2.24) is 9.55 Å². The molecule has 0 radical (unpaired) electrons. The number of aryl methyl sites for hydroxylation is 1. The van der Waals surface area contributed by atoms with Crippen LogP contribution >= 0.6 is 0 Å². The summed E-state index contributed by atoms with van der Waals surface area (Å²) >= 11 is 0. The number of sulfonamides is 1. The van der Waals surface area contributed by atoms with E-state index >= 15 is 4.39 Å². The van der Waals surface area contributed by atoms with E-state index in [1.165, 1.54) is 12.3 Å². The maximum atomic E-state index is 15.2. The zero-order chi connectivity index (χ0) is 24.1. The van der Waals surface area contributed by atoms with Crippen LogP contribution in [0.5, 0.6) is 0 Å². The van der Waals surface area contributed by atoms with Crippen molar-refractivity contribution in [3.8, 4) is 11.4 Å². The number of hydrogen-bond acceptors (Lipinski definition) is 4. The summed E-state index contributed by atoms with van der Waals surface area (Å²) < 4.78 is 43.7. The minimum atomic E-state index is -3.62. The number of rotatable bonds is 6. The lowest BCUT2D eigenvalue weighted by Crippen LogP contribution is -2.33. The lowest BCUT2D eigenvalue weighted by atomic mass is 9.92. The smallest absolute Gasteiger partial charge is 0.251 e. The van der Waals surface area contributed by atoms with Crippen LogP contribution in [0.3, 0.4) is 0 Å². The number of carbonyl (C=O) groups excluding carboxylic acids is 1. The standard InChI is InChI=1S/C24H29FN4O3S/c1-5-14-11-17(25)20-19(12-14)29(16-7-6-8-16)22(21(20)23(26)30)18-10-9-15(13-27-18)28-33(31,32)24(2,3)4/h9-13,16,28H,5-8H2,1-4H3,(H2,26,30). The number of fused-ring (bicyclic) bond motifs is 1. The highest BCUT2D eigenvalue weighted by atomic mass is 32.2. The molecular weight excluding hydrogens is 443 g/mol. The first-order chi connectivity index (χ1) is 15.4. The van der Waals surface area contributed by atoms with E-state index in [2.05, 4.69) is 9.71 Å². The molecule has 7 nitrogen and oxygen atoms in total. The number of anilines is 1. The molecule has 4 rings (SSSR count). The Morgan fingerprint density at radius 3 is 2.45 bits per heavy atom. The molecule has 2 heterocycles. The van der Waals surface area contributed by atoms with Crippen LogP contribution in [0.2, 0.25) is 0 Å². The van der Waals surface area contributed by atoms with E-state index in [1.54, 1.807) is 32.9 Å². The van der Waals surface area contributed by atoms with Gasteiger partial charge in [0.15, 0.2) is 0 Å². The van der Waals surface area contributed by atoms with Gasteiger partial charge in [-0.3, -0.25) is 14.5 Å². The number of hydrogen-bond donors (Lipinski definition) is 2. The van der Waals surface area contributed by atoms with E-state index in [9.17, 15) is 13.2 Å². The van der Waals surface area contributed by atoms with Gasteiger partial charge in [0.25, 0.3) is 5.91 Å². The van der Waals surface area contributed by atoms with Crippen LogP contribution in [0.25, 0.3) is 22.3 Å². The maximum absolute atomic E-state index is 15.2. The molecule has 3 aromatic rings. The summed E-state index contributed by atoms with van der Waals surface area (Å²) in [6.07, 6.45) is 4.93. The van der Waals surface area contributed by atoms with Crippen molar-refractivity contribution < 1.29 is 17.6 Å². The van der Waals surface area contributed by atoms with Gasteiger partial charge in [0, 0.05) is 11.4 Å². The van der Waals surface area contributed by atoms with Crippen molar-refractivity contribution in [2.75, 3.05) is 4.72 Å². The van der Waals surface area contributed by atoms with Gasteiger partial charge in [-0.05, 0) is 76.3 Å². The Balaban J connectivity index is 1.91. The molecule has 0 spiro atoms. The summed E-state index contributed by atoms with van der Waals surface area (Å²) in [5.41, 5.74) is 8.54. The van der Waals surface area contributed by atoms with Crippen molar-refractivity contribution >= 4 is 32.5 Å². The van der Waals surface area contributed by atoms with Crippen molar-refractivity contribution in [3.63, 3.8) is 0 Å². The highest BCUT2D eigenvalue weighted by molar-refractivity contribution is 7.94. The molecule has 1 aliphatic rings. The minimum Gasteiger partial charge on any atom is -0.366 e. The van der Waals surface area contributed by atoms with Gasteiger partial charge in [-0.2, -0.15) is 0 Å². The molecule has 0 atom stereocenters. The quantitative estimate of drug-likeness (QED) is 0.539. The van der Waals surface area contributed by atoms with Crippen LogP contribution in [0.1, 0.15) is 68.9 Å². The van der Waals surface area contributed by atoms with E-state index in [0.29, 0.717) is 29.0 Å². The third-order valence-electron chi connectivity index (χ3n) is 6.28. The number of halogens is 1. The van der Waals surface area contributed by atoms with Gasteiger partial charge in [0.05, 0.1) is 39.1 Å². The SMILES string of the molecule is CCc1cc(F)c2c(C(N)=O)c(-c3ccc(NS(=O)(=O)C(C)(C)C)cn3)n(C3CCC3)c2c1. The summed E-state index contributed by atoms with van der Waals surface area (Å²) in [7, 11) is -3.62. The third-order valence-corrected chi connectivity index (χ3v) is 8.39. The Morgan fingerprint density at radius 1 is 1.27 bits per heavy atom. The number of amides is 1. The average molecular weight is 473 g/mol. The summed E-state index contributed by atoms with van der Waals surface area (Å²) in [6, 6.07) is 6.70. The van der Waals surface area contributed by atoms with E-state index in [4.69, 9.17) is 5.73 Å². The Labute approximate surface area is 193 Å². The van der Waals surface area contributed by atoms with Crippen LogP contribution < -0.4 is 10.5 Å². The molecule has 1 saturated carbocycles. The van der Waals surface area contributed by atoms with Gasteiger partial charge in [-0.1, -0.05) is 6.92 Å². The zero-order valence-electron chi connectivity index (χ0n) is 19.3. The number of carbonyl (C=O) groups is 1. The molecule has 1 fully saturated rings. The van der Waals surface area contributed by atoms with Crippen LogP contribution in [-0.4, -0.2) is 28.6 Å². The van der Waals surface area contributed by atoms with Gasteiger partial charge in [0.1, 0.15) is 5.82 Å². The van der Waals surface area contributed by atoms with Crippen molar-refractivity contribution in [2.24, 2.45) is 5.73 Å². The van der Waals surface area contributed by atoms with E-state index in [1.807, 2.05) is 17.6 Å². The van der Waals surface area contributed by atoms with E-state index in [0.717, 1.165) is 24.8 Å². The highest BCUT2D eigenvalue weighted by Crippen LogP contribution is 2.43. The van der Waals surface area contributed by atoms with E-state index < -0.39 is 26.5 Å². The Kier molecular flexibility index (Phi) is 5.72. The molecule has 1 aliphatic carbocycles. The Morgan fingerprint density at radius 2 is 1.97 bits per heavy atom. The minimum absolute atomic E-state index is 0.104. The van der Waals surface area contributed by atoms with Crippen molar-refractivity contribution in [3.05, 3.63) is 47.4 Å². The molecule has 3 N–H and O–H groups in total. The van der Waals surface area contributed by atoms with Gasteiger partial charge in [-0.25, -0.2) is 12.8 Å². The van der Waals surface area contributed by atoms with Crippen LogP contribution in [0.15, 0.2) is 30.5 Å². The maximum Gasteiger partial charge on any atom is 0.251 e. The number of nitrogens with two attached hydrogens (primary N) is 1. The fourth-order valence-corrected chi connectivity index (χ4v) is 4.80. The fraction of sp³-hybridized carbons (Fsp3) is 0.417. The normalized spacial score (nSPS) is 14.9. The number of pyridine rings is 1. The summed E-state index contributed by atoms with van der Waals surface area (Å²) in [5, 5.41) is 0.209. The second-order valence-corrected chi connectivity index (χ2v) is 12.0. The highest BCUT2D eigenvalue weighted by Gasteiger charge is 2.32. The van der Waals surface area contributed by atoms with Crippen molar-refractivity contribution in [1.29, 1.82) is 0 Å². The summed E-state index contributed by atoms with van der Waals surface area (Å²) in [5.74, 6) is -1.21. The van der Waals surface area contributed by atoms with Crippen LogP contribution in [-0.2, 0) is 16.4 Å². The van der Waals surface area contributed by atoms with Gasteiger partial charge in [-0.15, -0.1) is 0 Å². The van der Waals surface area contributed by atoms with Gasteiger partial charge >= 0.3 is 0 Å². The predicted molar refractivity (Wildman–Crippen MR) is 128 cm³/mol. The monoisotopic (exact) mass is 472 g/mol. The molecule has 0 saturated heterocycles. The molecule has 0 aliphatic heterocycles. The Bertz CT molecular complexity index is 1340. The van der Waals surface area contributed by atoms with Gasteiger partial charge in [0.2, 0.25) is 10.0 Å². The first kappa shape index (κ1) is 23.2. The molecule has 2 aromatic heterocycles. The predicted octanol–water partition coefficient (Wildman–Crippen LogP) is 4.77. The molecule has 33 heavy (non-hydrogen) atoms. The molecule has 9 heteroatoms. The second-order valence-electron chi connectivity index (χ2n) is 9.52. The number of nitrogens with one attached hydrogen (secondary N) is 1. The number of aromatic nitrogens is 2. The molecule has 1 amide bonds. The van der Waals surface area contributed by atoms with Crippen molar-refractivity contribution in [2.45, 2.75) is 64.2 Å². The Hall–Kier alpha value is -2.94. The van der Waals surface area contributed by atoms with Crippen LogP contribution in [0, 0.1) is 5.82 Å². The summed E-state index contributed by atoms with van der Waals surface area (Å²) in [4.78, 5) is 17.0. The molecule has 0 unspecified atom stereocenters. The zero-order valence-corrected chi connectivity index (χ0v) is 20.1. The molecule has 176 valence electrons. The number of primary amides is 1. The topological polar surface area (TPSA) is 107 Å². The lowest BCUT2D eigenvalue weighted by Gasteiger charge is -2.30. The number of nitrogens with zero attached hydrogens (tertiary/aromatic N) is 2. The first-order valence-corrected chi connectivity index (χ1v) is 12.6. The number of benzene rings is 1. The average Bonchev–Trinajstić information content (AvgIpc) is 3.02. The fourth-order valence-electron chi connectivity index (χ4n) is 4.07. The summed E-state index contributed by atoms with van der Waals surface area (Å²) in [6.45, 7) is 6.76. The lowest BCUT2D eigenvalue weighted by molar-refractivity contribution is 0.100. The molecular formula is C24H29FN4O3S.